The molecule has 0 unspecified atom stereocenters. The van der Waals surface area contributed by atoms with E-state index in [0.29, 0.717) is 12.0 Å². The lowest BCUT2D eigenvalue weighted by Crippen LogP contribution is -2.71. The molecule has 7 nitrogen and oxygen atoms in total. The highest BCUT2D eigenvalue weighted by Gasteiger charge is 2.57. The second-order valence-electron chi connectivity index (χ2n) is 6.61. The van der Waals surface area contributed by atoms with Crippen molar-refractivity contribution in [2.75, 3.05) is 7.11 Å². The number of hydrogen-bond acceptors (Lipinski definition) is 5. The molecule has 3 rings (SSSR count). The molecule has 7 heteroatoms. The number of carbonyl (C=O) groups is 4. The van der Waals surface area contributed by atoms with Crippen molar-refractivity contribution in [2.45, 2.75) is 32.4 Å². The molecule has 0 saturated carbocycles. The summed E-state index contributed by atoms with van der Waals surface area (Å²) in [5.74, 6) is -2.13. The number of benzene rings is 1. The fourth-order valence-electron chi connectivity index (χ4n) is 3.59. The van der Waals surface area contributed by atoms with E-state index < -0.39 is 35.8 Å². The van der Waals surface area contributed by atoms with Crippen LogP contribution in [0, 0.1) is 0 Å². The van der Waals surface area contributed by atoms with Crippen LogP contribution in [0.15, 0.2) is 48.2 Å². The van der Waals surface area contributed by atoms with Crippen LogP contribution in [0.5, 0.6) is 0 Å². The first-order chi connectivity index (χ1) is 12.8. The van der Waals surface area contributed by atoms with Crippen molar-refractivity contribution < 1.29 is 23.9 Å². The molecule has 0 aromatic heterocycles. The molecule has 1 aromatic carbocycles. The highest BCUT2D eigenvalue weighted by atomic mass is 16.5. The molecule has 0 radical (unpaired) electrons. The van der Waals surface area contributed by atoms with Crippen LogP contribution >= 0.6 is 0 Å². The van der Waals surface area contributed by atoms with Crippen LogP contribution in [-0.4, -0.2) is 52.7 Å². The Morgan fingerprint density at radius 3 is 2.15 bits per heavy atom. The van der Waals surface area contributed by atoms with Gasteiger partial charge in [-0.25, -0.2) is 4.79 Å². The maximum absolute atomic E-state index is 12.9. The van der Waals surface area contributed by atoms with E-state index in [2.05, 4.69) is 6.58 Å². The van der Waals surface area contributed by atoms with Crippen LogP contribution in [0.4, 0.5) is 0 Å². The van der Waals surface area contributed by atoms with Crippen LogP contribution < -0.4 is 0 Å². The van der Waals surface area contributed by atoms with Crippen LogP contribution in [-0.2, 0) is 14.3 Å². The Hall–Kier alpha value is -3.22. The van der Waals surface area contributed by atoms with Gasteiger partial charge >= 0.3 is 5.97 Å². The molecule has 0 spiro atoms. The standard InChI is InChI=1S/C20H20N2O5/c1-5-8-14-16(19(25)21(14)15(11(2)3)20(26)27-4)22-17(23)12-9-6-7-10-13(12)18(22)24/h5-7,9-10,14,16H,1,8H2,2-4H3/t14-,16-/m1/s1. The average Bonchev–Trinajstić information content (AvgIpc) is 2.90. The smallest absolute Gasteiger partial charge is 0.354 e. The summed E-state index contributed by atoms with van der Waals surface area (Å²) < 4.78 is 4.79. The van der Waals surface area contributed by atoms with E-state index in [-0.39, 0.29) is 16.8 Å². The maximum Gasteiger partial charge on any atom is 0.354 e. The number of nitrogens with zero attached hydrogens (tertiary/aromatic N) is 2. The van der Waals surface area contributed by atoms with E-state index >= 15 is 0 Å². The van der Waals surface area contributed by atoms with E-state index in [4.69, 9.17) is 4.74 Å². The molecule has 2 aliphatic rings. The van der Waals surface area contributed by atoms with Gasteiger partial charge in [-0.1, -0.05) is 18.2 Å². The Morgan fingerprint density at radius 2 is 1.70 bits per heavy atom. The molecule has 140 valence electrons. The van der Waals surface area contributed by atoms with Gasteiger partial charge in [0.1, 0.15) is 11.7 Å². The van der Waals surface area contributed by atoms with Gasteiger partial charge in [0, 0.05) is 0 Å². The average molecular weight is 368 g/mol. The van der Waals surface area contributed by atoms with Gasteiger partial charge in [0.2, 0.25) is 0 Å². The number of likely N-dealkylation sites (tertiary alicyclic amines) is 1. The highest BCUT2D eigenvalue weighted by molar-refractivity contribution is 6.23. The Kier molecular flexibility index (Phi) is 4.70. The zero-order valence-corrected chi connectivity index (χ0v) is 15.4. The molecule has 0 bridgehead atoms. The van der Waals surface area contributed by atoms with Crippen molar-refractivity contribution in [1.82, 2.24) is 9.80 Å². The molecule has 1 aromatic rings. The van der Waals surface area contributed by atoms with Crippen molar-refractivity contribution in [3.8, 4) is 0 Å². The lowest BCUT2D eigenvalue weighted by atomic mass is 9.88. The zero-order valence-electron chi connectivity index (χ0n) is 15.4. The van der Waals surface area contributed by atoms with E-state index in [0.717, 1.165) is 4.90 Å². The molecule has 2 heterocycles. The van der Waals surface area contributed by atoms with Gasteiger partial charge < -0.3 is 4.74 Å². The summed E-state index contributed by atoms with van der Waals surface area (Å²) >= 11 is 0. The van der Waals surface area contributed by atoms with Crippen LogP contribution in [0.2, 0.25) is 0 Å². The van der Waals surface area contributed by atoms with E-state index in [1.165, 1.54) is 12.0 Å². The van der Waals surface area contributed by atoms with Gasteiger partial charge in [-0.15, -0.1) is 6.58 Å². The maximum atomic E-state index is 12.9. The number of rotatable bonds is 5. The first kappa shape index (κ1) is 18.6. The van der Waals surface area contributed by atoms with E-state index in [9.17, 15) is 19.2 Å². The second kappa shape index (κ2) is 6.83. The summed E-state index contributed by atoms with van der Waals surface area (Å²) in [6, 6.07) is 4.92. The Bertz CT molecular complexity index is 862. The number of imide groups is 1. The molecule has 27 heavy (non-hydrogen) atoms. The van der Waals surface area contributed by atoms with Gasteiger partial charge in [-0.3, -0.25) is 24.2 Å². The first-order valence-electron chi connectivity index (χ1n) is 8.51. The van der Waals surface area contributed by atoms with Gasteiger partial charge in [0.05, 0.1) is 24.3 Å². The van der Waals surface area contributed by atoms with Gasteiger partial charge in [0.15, 0.2) is 0 Å². The van der Waals surface area contributed by atoms with Crippen molar-refractivity contribution in [3.05, 3.63) is 59.3 Å². The lowest BCUT2D eigenvalue weighted by Gasteiger charge is -2.49. The predicted octanol–water partition coefficient (Wildman–Crippen LogP) is 1.91. The number of hydrogen-bond donors (Lipinski definition) is 0. The van der Waals surface area contributed by atoms with Crippen molar-refractivity contribution in [2.24, 2.45) is 0 Å². The SMILES string of the molecule is C=CC[C@@H]1[C@@H](N2C(=O)c3ccccc3C2=O)C(=O)N1C(C(=O)OC)=C(C)C. The summed E-state index contributed by atoms with van der Waals surface area (Å²) in [6.45, 7) is 7.08. The number of β-lactam (4-membered cyclic amide) rings is 1. The Labute approximate surface area is 156 Å². The van der Waals surface area contributed by atoms with Gasteiger partial charge in [0.25, 0.3) is 17.7 Å². The second-order valence-corrected chi connectivity index (χ2v) is 6.61. The molecule has 1 saturated heterocycles. The third-order valence-electron chi connectivity index (χ3n) is 4.79. The van der Waals surface area contributed by atoms with Gasteiger partial charge in [-0.05, 0) is 38.0 Å². The summed E-state index contributed by atoms with van der Waals surface area (Å²) in [4.78, 5) is 52.9. The fraction of sp³-hybridized carbons (Fsp3) is 0.300. The minimum absolute atomic E-state index is 0.127. The molecule has 0 aliphatic carbocycles. The minimum Gasteiger partial charge on any atom is -0.464 e. The minimum atomic E-state index is -0.977. The van der Waals surface area contributed by atoms with Crippen molar-refractivity contribution in [1.29, 1.82) is 0 Å². The number of carbonyl (C=O) groups excluding carboxylic acids is 4. The number of ether oxygens (including phenoxy) is 1. The number of amides is 3. The molecule has 2 atom stereocenters. The molecule has 2 aliphatic heterocycles. The Balaban J connectivity index is 1.99. The van der Waals surface area contributed by atoms with Crippen molar-refractivity contribution >= 4 is 23.7 Å². The summed E-state index contributed by atoms with van der Waals surface area (Å²) in [5, 5.41) is 0. The number of esters is 1. The summed E-state index contributed by atoms with van der Waals surface area (Å²) in [6.07, 6.45) is 1.91. The van der Waals surface area contributed by atoms with Crippen LogP contribution in [0.1, 0.15) is 41.0 Å². The first-order valence-corrected chi connectivity index (χ1v) is 8.51. The number of methoxy groups -OCH3 is 1. The van der Waals surface area contributed by atoms with Gasteiger partial charge in [-0.2, -0.15) is 0 Å². The number of fused-ring (bicyclic) bond motifs is 1. The lowest BCUT2D eigenvalue weighted by molar-refractivity contribution is -0.157. The third kappa shape index (κ3) is 2.66. The fourth-order valence-corrected chi connectivity index (χ4v) is 3.59. The molecule has 3 amide bonds. The Morgan fingerprint density at radius 1 is 1.15 bits per heavy atom. The monoisotopic (exact) mass is 368 g/mol. The van der Waals surface area contributed by atoms with E-state index in [1.807, 2.05) is 0 Å². The molecular weight excluding hydrogens is 348 g/mol. The predicted molar refractivity (Wildman–Crippen MR) is 96.6 cm³/mol. The topological polar surface area (TPSA) is 84.0 Å². The molecular formula is C20H20N2O5. The quantitative estimate of drug-likeness (QED) is 0.261. The van der Waals surface area contributed by atoms with Crippen molar-refractivity contribution in [3.63, 3.8) is 0 Å². The van der Waals surface area contributed by atoms with Crippen LogP contribution in [0.25, 0.3) is 0 Å². The van der Waals surface area contributed by atoms with E-state index in [1.54, 1.807) is 44.2 Å². The summed E-state index contributed by atoms with van der Waals surface area (Å²) in [7, 11) is 1.24. The van der Waals surface area contributed by atoms with Crippen LogP contribution in [0.3, 0.4) is 0 Å². The number of allylic oxidation sites excluding steroid dienone is 1. The normalized spacial score (nSPS) is 20.9. The molecule has 1 fully saturated rings. The third-order valence-corrected chi connectivity index (χ3v) is 4.79. The largest absolute Gasteiger partial charge is 0.464 e. The molecule has 0 N–H and O–H groups in total. The zero-order chi connectivity index (χ0) is 19.9. The summed E-state index contributed by atoms with van der Waals surface area (Å²) in [5.41, 5.74) is 1.29. The highest BCUT2D eigenvalue weighted by Crippen LogP contribution is 2.37.